The second-order valence-corrected chi connectivity index (χ2v) is 7.57. The lowest BCUT2D eigenvalue weighted by Crippen LogP contribution is -2.34. The highest BCUT2D eigenvalue weighted by Crippen LogP contribution is 2.17. The van der Waals surface area contributed by atoms with Gasteiger partial charge in [-0.3, -0.25) is 19.5 Å². The maximum atomic E-state index is 13.0. The van der Waals surface area contributed by atoms with E-state index in [0.29, 0.717) is 16.1 Å². The maximum Gasteiger partial charge on any atom is 0.414 e. The van der Waals surface area contributed by atoms with Crippen molar-refractivity contribution in [3.8, 4) is 5.75 Å². The smallest absolute Gasteiger partial charge is 0.410 e. The number of H-pyrrole nitrogens is 2. The third kappa shape index (κ3) is 3.82. The fraction of sp³-hybridized carbons (Fsp3) is 0.143. The summed E-state index contributed by atoms with van der Waals surface area (Å²) in [7, 11) is 3.11. The van der Waals surface area contributed by atoms with Crippen molar-refractivity contribution in [1.29, 1.82) is 0 Å². The number of benzene rings is 2. The van der Waals surface area contributed by atoms with Gasteiger partial charge in [-0.1, -0.05) is 23.7 Å². The van der Waals surface area contributed by atoms with Crippen LogP contribution in [0, 0.1) is 0 Å². The second kappa shape index (κ2) is 7.77. The number of nitrogens with zero attached hydrogens (tertiary/aromatic N) is 2. The minimum Gasteiger partial charge on any atom is -0.410 e. The molecule has 0 atom stereocenters. The van der Waals surface area contributed by atoms with Gasteiger partial charge in [-0.2, -0.15) is 0 Å². The average molecular weight is 441 g/mol. The van der Waals surface area contributed by atoms with Crippen molar-refractivity contribution in [3.63, 3.8) is 0 Å². The van der Waals surface area contributed by atoms with E-state index >= 15 is 0 Å². The molecule has 0 spiro atoms. The van der Waals surface area contributed by atoms with Crippen molar-refractivity contribution >= 4 is 39.5 Å². The monoisotopic (exact) mass is 440 g/mol. The van der Waals surface area contributed by atoms with Crippen LogP contribution in [0.25, 0.3) is 21.8 Å². The predicted octanol–water partition coefficient (Wildman–Crippen LogP) is 2.29. The van der Waals surface area contributed by atoms with Crippen LogP contribution in [0.2, 0.25) is 5.02 Å². The fourth-order valence-electron chi connectivity index (χ4n) is 3.20. The molecule has 0 saturated carbocycles. The molecule has 2 aromatic heterocycles. The van der Waals surface area contributed by atoms with Crippen LogP contribution in [0.15, 0.2) is 56.8 Å². The molecule has 4 rings (SSSR count). The molecular weight excluding hydrogens is 424 g/mol. The summed E-state index contributed by atoms with van der Waals surface area (Å²) in [6.45, 7) is -0.0323. The van der Waals surface area contributed by atoms with Gasteiger partial charge >= 0.3 is 6.09 Å². The first-order chi connectivity index (χ1) is 14.7. The van der Waals surface area contributed by atoms with Crippen molar-refractivity contribution in [1.82, 2.24) is 19.7 Å². The summed E-state index contributed by atoms with van der Waals surface area (Å²) in [5.41, 5.74) is -0.992. The van der Waals surface area contributed by atoms with Crippen LogP contribution in [0.4, 0.5) is 4.79 Å². The van der Waals surface area contributed by atoms with Gasteiger partial charge in [0.05, 0.1) is 12.1 Å². The van der Waals surface area contributed by atoms with Gasteiger partial charge in [0.2, 0.25) is 5.43 Å². The molecule has 0 radical (unpaired) electrons. The van der Waals surface area contributed by atoms with E-state index in [1.807, 2.05) is 0 Å². The maximum absolute atomic E-state index is 13.0. The first-order valence-electron chi connectivity index (χ1n) is 9.21. The van der Waals surface area contributed by atoms with Gasteiger partial charge in [-0.25, -0.2) is 9.48 Å². The van der Waals surface area contributed by atoms with Gasteiger partial charge < -0.3 is 14.6 Å². The normalized spacial score (nSPS) is 11.1. The molecule has 10 heteroatoms. The van der Waals surface area contributed by atoms with Crippen LogP contribution >= 0.6 is 11.6 Å². The van der Waals surface area contributed by atoms with E-state index < -0.39 is 22.6 Å². The van der Waals surface area contributed by atoms with E-state index in [0.717, 1.165) is 4.68 Å². The summed E-state index contributed by atoms with van der Waals surface area (Å²) < 4.78 is 6.27. The molecule has 2 aromatic carbocycles. The number of fused-ring (bicyclic) bond motifs is 2. The highest BCUT2D eigenvalue weighted by molar-refractivity contribution is 6.31. The summed E-state index contributed by atoms with van der Waals surface area (Å²) in [4.78, 5) is 54.4. The van der Waals surface area contributed by atoms with E-state index in [9.17, 15) is 19.2 Å². The molecule has 0 aliphatic rings. The number of ether oxygens (including phenoxy) is 1. The Hall–Kier alpha value is -3.85. The lowest BCUT2D eigenvalue weighted by Gasteiger charge is -2.12. The molecule has 0 saturated heterocycles. The van der Waals surface area contributed by atoms with Crippen LogP contribution < -0.4 is 21.3 Å². The highest BCUT2D eigenvalue weighted by atomic mass is 35.5. The SMILES string of the molecule is CN(C)C(=O)Oc1cccc(Cn2[nH]c(=O)c3[nH]c4cc(Cl)ccc4c(=O)c3c2=O)c1. The number of carbonyl (C=O) groups excluding carboxylic acids is 1. The topological polar surface area (TPSA) is 117 Å². The first kappa shape index (κ1) is 20.4. The molecule has 0 unspecified atom stereocenters. The third-order valence-corrected chi connectivity index (χ3v) is 4.93. The number of aromatic amines is 2. The number of halogens is 1. The zero-order chi connectivity index (χ0) is 22.3. The van der Waals surface area contributed by atoms with Crippen LogP contribution in [0.5, 0.6) is 5.75 Å². The number of hydrogen-bond acceptors (Lipinski definition) is 5. The number of nitrogens with one attached hydrogen (secondary N) is 2. The van der Waals surface area contributed by atoms with E-state index in [4.69, 9.17) is 16.3 Å². The summed E-state index contributed by atoms with van der Waals surface area (Å²) in [5.74, 6) is 0.285. The standard InChI is InChI=1S/C21H17ClN4O5/c1-25(2)21(30)31-13-5-3-4-11(8-13)10-26-20(29)16-17(19(28)24-26)23-15-9-12(22)6-7-14(15)18(16)27/h3-9H,10H2,1-2H3,(H,23,27)(H,24,28). The average Bonchev–Trinajstić information content (AvgIpc) is 2.71. The molecule has 0 bridgehead atoms. The Morgan fingerprint density at radius 2 is 1.90 bits per heavy atom. The van der Waals surface area contributed by atoms with Gasteiger partial charge in [-0.15, -0.1) is 0 Å². The molecule has 158 valence electrons. The predicted molar refractivity (Wildman–Crippen MR) is 117 cm³/mol. The summed E-state index contributed by atoms with van der Waals surface area (Å²) >= 11 is 5.96. The van der Waals surface area contributed by atoms with Gasteiger partial charge in [0.1, 0.15) is 16.7 Å². The first-order valence-corrected chi connectivity index (χ1v) is 9.59. The number of carbonyl (C=O) groups is 1. The van der Waals surface area contributed by atoms with E-state index in [-0.39, 0.29) is 28.6 Å². The van der Waals surface area contributed by atoms with Crippen LogP contribution in [0.3, 0.4) is 0 Å². The molecule has 1 amide bonds. The largest absolute Gasteiger partial charge is 0.414 e. The van der Waals surface area contributed by atoms with Crippen molar-refractivity contribution in [2.75, 3.05) is 14.1 Å². The molecule has 4 aromatic rings. The Kier molecular flexibility index (Phi) is 5.12. The summed E-state index contributed by atoms with van der Waals surface area (Å²) in [6, 6.07) is 11.1. The van der Waals surface area contributed by atoms with Crippen LogP contribution in [-0.4, -0.2) is 39.9 Å². The lowest BCUT2D eigenvalue weighted by molar-refractivity contribution is 0.172. The molecule has 0 aliphatic heterocycles. The number of hydrogen-bond donors (Lipinski definition) is 2. The fourth-order valence-corrected chi connectivity index (χ4v) is 3.37. The number of amides is 1. The molecule has 0 aliphatic carbocycles. The molecule has 2 heterocycles. The van der Waals surface area contributed by atoms with Crippen LogP contribution in [-0.2, 0) is 6.54 Å². The zero-order valence-electron chi connectivity index (χ0n) is 16.6. The summed E-state index contributed by atoms with van der Waals surface area (Å²) in [5, 5.41) is 2.88. The van der Waals surface area contributed by atoms with Gasteiger partial charge in [0.15, 0.2) is 0 Å². The highest BCUT2D eigenvalue weighted by Gasteiger charge is 2.15. The molecule has 31 heavy (non-hydrogen) atoms. The van der Waals surface area contributed by atoms with Gasteiger partial charge in [0.25, 0.3) is 11.1 Å². The van der Waals surface area contributed by atoms with Crippen LogP contribution in [0.1, 0.15) is 5.56 Å². The van der Waals surface area contributed by atoms with Crippen molar-refractivity contribution < 1.29 is 9.53 Å². The Balaban J connectivity index is 1.81. The Morgan fingerprint density at radius 1 is 1.13 bits per heavy atom. The van der Waals surface area contributed by atoms with Gasteiger partial charge in [-0.05, 0) is 35.9 Å². The Morgan fingerprint density at radius 3 is 2.65 bits per heavy atom. The molecule has 9 nitrogen and oxygen atoms in total. The molecular formula is C21H17ClN4O5. The van der Waals surface area contributed by atoms with Crippen molar-refractivity contribution in [3.05, 3.63) is 84.0 Å². The zero-order valence-corrected chi connectivity index (χ0v) is 17.3. The van der Waals surface area contributed by atoms with Crippen molar-refractivity contribution in [2.45, 2.75) is 6.54 Å². The summed E-state index contributed by atoms with van der Waals surface area (Å²) in [6.07, 6.45) is -0.549. The van der Waals surface area contributed by atoms with E-state index in [1.54, 1.807) is 38.4 Å². The quantitative estimate of drug-likeness (QED) is 0.474. The third-order valence-electron chi connectivity index (χ3n) is 4.69. The number of aromatic nitrogens is 3. The number of rotatable bonds is 3. The molecule has 0 fully saturated rings. The van der Waals surface area contributed by atoms with E-state index in [2.05, 4.69) is 10.1 Å². The second-order valence-electron chi connectivity index (χ2n) is 7.14. The Labute approximate surface area is 179 Å². The van der Waals surface area contributed by atoms with Crippen molar-refractivity contribution in [2.24, 2.45) is 0 Å². The lowest BCUT2D eigenvalue weighted by atomic mass is 10.1. The van der Waals surface area contributed by atoms with E-state index in [1.165, 1.54) is 23.1 Å². The van der Waals surface area contributed by atoms with Gasteiger partial charge in [0, 0.05) is 24.5 Å². The molecule has 2 N–H and O–H groups in total. The Bertz CT molecular complexity index is 1520. The number of pyridine rings is 1. The minimum absolute atomic E-state index is 0.0323. The minimum atomic E-state index is -0.650.